The van der Waals surface area contributed by atoms with Crippen LogP contribution in [0.4, 0.5) is 9.18 Å². The van der Waals surface area contributed by atoms with Crippen molar-refractivity contribution in [2.75, 3.05) is 19.7 Å². The Morgan fingerprint density at radius 2 is 2.03 bits per heavy atom. The van der Waals surface area contributed by atoms with E-state index in [0.29, 0.717) is 5.57 Å². The van der Waals surface area contributed by atoms with Crippen LogP contribution in [0.25, 0.3) is 0 Å². The maximum atomic E-state index is 14.8. The lowest BCUT2D eigenvalue weighted by molar-refractivity contribution is 0.0997. The second-order valence-corrected chi connectivity index (χ2v) is 6.80. The Morgan fingerprint density at radius 3 is 2.62 bits per heavy atom. The zero-order chi connectivity index (χ0) is 21.2. The SMILES string of the molecule is CCOC(=O)N1CC=C2C(C#N)=C(N)C(C#N)(C#N)[C@@H](c3ccccc3F)[C@@H]2C1. The maximum Gasteiger partial charge on any atom is 0.410 e. The smallest absolute Gasteiger partial charge is 0.410 e. The van der Waals surface area contributed by atoms with Gasteiger partial charge in [-0.25, -0.2) is 9.18 Å². The molecule has 146 valence electrons. The summed E-state index contributed by atoms with van der Waals surface area (Å²) in [6, 6.07) is 11.7. The standard InChI is InChI=1S/C21H18FN5O2/c1-2-29-20(28)27-8-7-13-15(9-23)19(26)21(11-24,12-25)18(16(13)10-27)14-5-3-4-6-17(14)22/h3-7,16,18H,2,8,10,26H2,1H3/t16-,18+/m1/s1. The van der Waals surface area contributed by atoms with E-state index in [-0.39, 0.29) is 36.5 Å². The molecule has 0 aromatic heterocycles. The monoisotopic (exact) mass is 391 g/mol. The van der Waals surface area contributed by atoms with Gasteiger partial charge in [-0.3, -0.25) is 0 Å². The van der Waals surface area contributed by atoms with Crippen LogP contribution in [0.3, 0.4) is 0 Å². The number of benzene rings is 1. The summed E-state index contributed by atoms with van der Waals surface area (Å²) in [6.07, 6.45) is 1.10. The molecular formula is C21H18FN5O2. The Bertz CT molecular complexity index is 1030. The van der Waals surface area contributed by atoms with Gasteiger partial charge < -0.3 is 15.4 Å². The predicted molar refractivity (Wildman–Crippen MR) is 99.8 cm³/mol. The van der Waals surface area contributed by atoms with Crippen molar-refractivity contribution in [3.8, 4) is 18.2 Å². The van der Waals surface area contributed by atoms with E-state index in [1.54, 1.807) is 19.1 Å². The third-order valence-electron chi connectivity index (χ3n) is 5.43. The van der Waals surface area contributed by atoms with Gasteiger partial charge in [0.05, 0.1) is 30.0 Å². The Kier molecular flexibility index (Phi) is 5.26. The van der Waals surface area contributed by atoms with Gasteiger partial charge in [0.25, 0.3) is 0 Å². The summed E-state index contributed by atoms with van der Waals surface area (Å²) in [4.78, 5) is 13.7. The van der Waals surface area contributed by atoms with Crippen LogP contribution in [0.1, 0.15) is 18.4 Å². The minimum absolute atomic E-state index is 0.0363. The van der Waals surface area contributed by atoms with Gasteiger partial charge in [0.1, 0.15) is 11.9 Å². The molecular weight excluding hydrogens is 373 g/mol. The fourth-order valence-electron chi connectivity index (χ4n) is 4.12. The lowest BCUT2D eigenvalue weighted by Gasteiger charge is -2.45. The lowest BCUT2D eigenvalue weighted by Crippen LogP contribution is -2.49. The van der Waals surface area contributed by atoms with Gasteiger partial charge in [-0.1, -0.05) is 24.3 Å². The van der Waals surface area contributed by atoms with Gasteiger partial charge in [-0.15, -0.1) is 0 Å². The molecule has 0 spiro atoms. The number of amides is 1. The fourth-order valence-corrected chi connectivity index (χ4v) is 4.12. The minimum Gasteiger partial charge on any atom is -0.450 e. The van der Waals surface area contributed by atoms with E-state index >= 15 is 0 Å². The number of halogens is 1. The van der Waals surface area contributed by atoms with Crippen molar-refractivity contribution < 1.29 is 13.9 Å². The number of hydrogen-bond donors (Lipinski definition) is 1. The second-order valence-electron chi connectivity index (χ2n) is 6.80. The normalized spacial score (nSPS) is 22.4. The number of fused-ring (bicyclic) bond motifs is 1. The number of rotatable bonds is 2. The molecule has 3 rings (SSSR count). The van der Waals surface area contributed by atoms with Gasteiger partial charge in [0.15, 0.2) is 5.41 Å². The van der Waals surface area contributed by atoms with Crippen molar-refractivity contribution in [3.05, 3.63) is 58.6 Å². The second kappa shape index (κ2) is 7.66. The predicted octanol–water partition coefficient (Wildman–Crippen LogP) is 2.71. The first-order valence-electron chi connectivity index (χ1n) is 9.04. The molecule has 7 nitrogen and oxygen atoms in total. The van der Waals surface area contributed by atoms with E-state index < -0.39 is 29.2 Å². The Morgan fingerprint density at radius 1 is 1.34 bits per heavy atom. The first-order chi connectivity index (χ1) is 13.9. The number of ether oxygens (including phenoxy) is 1. The molecule has 1 amide bonds. The van der Waals surface area contributed by atoms with E-state index in [1.807, 2.05) is 18.2 Å². The van der Waals surface area contributed by atoms with Crippen LogP contribution in [0, 0.1) is 51.1 Å². The number of nitrogens with zero attached hydrogens (tertiary/aromatic N) is 4. The van der Waals surface area contributed by atoms with Gasteiger partial charge in [-0.05, 0) is 24.1 Å². The zero-order valence-electron chi connectivity index (χ0n) is 15.7. The van der Waals surface area contributed by atoms with E-state index in [4.69, 9.17) is 10.5 Å². The number of carbonyl (C=O) groups excluding carboxylic acids is 1. The van der Waals surface area contributed by atoms with Crippen LogP contribution in [0.15, 0.2) is 47.2 Å². The van der Waals surface area contributed by atoms with Crippen molar-refractivity contribution >= 4 is 6.09 Å². The molecule has 1 aliphatic heterocycles. The molecule has 1 aromatic carbocycles. The van der Waals surface area contributed by atoms with Gasteiger partial charge in [0, 0.05) is 24.9 Å². The molecule has 0 fully saturated rings. The minimum atomic E-state index is -1.95. The lowest BCUT2D eigenvalue weighted by atomic mass is 9.58. The molecule has 1 aliphatic carbocycles. The van der Waals surface area contributed by atoms with E-state index in [9.17, 15) is 25.0 Å². The fraction of sp³-hybridized carbons (Fsp3) is 0.333. The molecule has 8 heteroatoms. The Labute approximate surface area is 167 Å². The third kappa shape index (κ3) is 2.98. The van der Waals surface area contributed by atoms with Crippen molar-refractivity contribution in [3.63, 3.8) is 0 Å². The highest BCUT2D eigenvalue weighted by Crippen LogP contribution is 2.54. The van der Waals surface area contributed by atoms with Gasteiger partial charge in [0.2, 0.25) is 0 Å². The maximum absolute atomic E-state index is 14.8. The van der Waals surface area contributed by atoms with Gasteiger partial charge >= 0.3 is 6.09 Å². The molecule has 0 saturated carbocycles. The first kappa shape index (κ1) is 19.9. The molecule has 2 N–H and O–H groups in total. The zero-order valence-corrected chi connectivity index (χ0v) is 15.7. The molecule has 0 radical (unpaired) electrons. The topological polar surface area (TPSA) is 127 Å². The summed E-state index contributed by atoms with van der Waals surface area (Å²) in [7, 11) is 0. The van der Waals surface area contributed by atoms with E-state index in [1.165, 1.54) is 23.1 Å². The Balaban J connectivity index is 2.26. The third-order valence-corrected chi connectivity index (χ3v) is 5.43. The summed E-state index contributed by atoms with van der Waals surface area (Å²) in [5.74, 6) is -2.27. The van der Waals surface area contributed by atoms with Crippen molar-refractivity contribution in [2.24, 2.45) is 17.1 Å². The van der Waals surface area contributed by atoms with E-state index in [2.05, 4.69) is 0 Å². The summed E-state index contributed by atoms with van der Waals surface area (Å²) >= 11 is 0. The highest BCUT2D eigenvalue weighted by molar-refractivity contribution is 5.69. The molecule has 0 saturated heterocycles. The van der Waals surface area contributed by atoms with Crippen LogP contribution >= 0.6 is 0 Å². The highest BCUT2D eigenvalue weighted by atomic mass is 19.1. The molecule has 2 aliphatic rings. The highest BCUT2D eigenvalue weighted by Gasteiger charge is 2.55. The summed E-state index contributed by atoms with van der Waals surface area (Å²) in [5.41, 5.74) is 4.71. The van der Waals surface area contributed by atoms with Crippen molar-refractivity contribution in [2.45, 2.75) is 12.8 Å². The molecule has 2 atom stereocenters. The molecule has 1 heterocycles. The largest absolute Gasteiger partial charge is 0.450 e. The number of nitrogens with two attached hydrogens (primary N) is 1. The van der Waals surface area contributed by atoms with Crippen LogP contribution in [-0.2, 0) is 4.74 Å². The number of hydrogen-bond acceptors (Lipinski definition) is 6. The van der Waals surface area contributed by atoms with Gasteiger partial charge in [-0.2, -0.15) is 15.8 Å². The number of carbonyl (C=O) groups is 1. The summed E-state index contributed by atoms with van der Waals surface area (Å²) < 4.78 is 19.8. The quantitative estimate of drug-likeness (QED) is 0.826. The molecule has 0 unspecified atom stereocenters. The summed E-state index contributed by atoms with van der Waals surface area (Å²) in [5, 5.41) is 29.6. The molecule has 29 heavy (non-hydrogen) atoms. The van der Waals surface area contributed by atoms with Crippen LogP contribution in [0.2, 0.25) is 0 Å². The first-order valence-corrected chi connectivity index (χ1v) is 9.04. The number of allylic oxidation sites excluding steroid dienone is 2. The summed E-state index contributed by atoms with van der Waals surface area (Å²) in [6.45, 7) is 2.11. The number of nitriles is 3. The molecule has 0 bridgehead atoms. The van der Waals surface area contributed by atoms with Crippen molar-refractivity contribution in [1.29, 1.82) is 15.8 Å². The molecule has 1 aromatic rings. The van der Waals surface area contributed by atoms with Crippen LogP contribution in [0.5, 0.6) is 0 Å². The van der Waals surface area contributed by atoms with Crippen LogP contribution in [-0.4, -0.2) is 30.7 Å². The Hall–Kier alpha value is -3.83. The van der Waals surface area contributed by atoms with Crippen molar-refractivity contribution in [1.82, 2.24) is 4.90 Å². The average Bonchev–Trinajstić information content (AvgIpc) is 2.73. The van der Waals surface area contributed by atoms with Crippen LogP contribution < -0.4 is 5.73 Å². The average molecular weight is 391 g/mol. The van der Waals surface area contributed by atoms with E-state index in [0.717, 1.165) is 0 Å².